The van der Waals surface area contributed by atoms with E-state index in [1.165, 1.54) is 33.4 Å². The lowest BCUT2D eigenvalue weighted by atomic mass is 9.81. The lowest BCUT2D eigenvalue weighted by Gasteiger charge is -2.22. The van der Waals surface area contributed by atoms with Gasteiger partial charge < -0.3 is 0 Å². The maximum atomic E-state index is 5.04. The van der Waals surface area contributed by atoms with Crippen molar-refractivity contribution in [2.75, 3.05) is 0 Å². The van der Waals surface area contributed by atoms with Crippen molar-refractivity contribution < 1.29 is 0 Å². The van der Waals surface area contributed by atoms with Crippen molar-refractivity contribution in [1.29, 1.82) is 0 Å². The monoisotopic (exact) mass is 577 g/mol. The Bertz CT molecular complexity index is 2150. The number of nitrogens with zero attached hydrogens (tertiary/aromatic N) is 3. The molecule has 214 valence electrons. The number of hydrogen-bond acceptors (Lipinski definition) is 3. The van der Waals surface area contributed by atoms with Gasteiger partial charge in [0.2, 0.25) is 0 Å². The molecule has 3 nitrogen and oxygen atoms in total. The van der Waals surface area contributed by atoms with Crippen LogP contribution in [0.4, 0.5) is 0 Å². The van der Waals surface area contributed by atoms with Crippen molar-refractivity contribution in [3.8, 4) is 67.3 Å². The molecule has 1 aliphatic rings. The van der Waals surface area contributed by atoms with Gasteiger partial charge in [0.05, 0.1) is 11.4 Å². The Hall–Kier alpha value is -5.67. The molecule has 1 aliphatic carbocycles. The molecule has 0 unspecified atom stereocenters. The standard InChI is InChI=1S/C42H31N3/c1-42(2)37-13-7-6-12-35(37)36-23-22-33(25-38(36)42)28-14-18-30(19-15-28)39-26-40(45-41(44-39)32-9-4-3-5-10-32)31-20-16-29(17-21-31)34-11-8-24-43-27-34/h3-27H,1-2H3. The zero-order valence-electron chi connectivity index (χ0n) is 25.3. The van der Waals surface area contributed by atoms with Gasteiger partial charge in [-0.2, -0.15) is 0 Å². The number of benzene rings is 5. The largest absolute Gasteiger partial charge is 0.264 e. The average Bonchev–Trinajstić information content (AvgIpc) is 3.34. The molecule has 0 aliphatic heterocycles. The third kappa shape index (κ3) is 4.83. The quantitative estimate of drug-likeness (QED) is 0.204. The van der Waals surface area contributed by atoms with Crippen LogP contribution in [-0.2, 0) is 5.41 Å². The molecule has 0 saturated heterocycles. The minimum absolute atomic E-state index is 0.0245. The predicted molar refractivity (Wildman–Crippen MR) is 185 cm³/mol. The number of rotatable bonds is 5. The van der Waals surface area contributed by atoms with Crippen LogP contribution in [0, 0.1) is 0 Å². The van der Waals surface area contributed by atoms with Crippen LogP contribution in [0.1, 0.15) is 25.0 Å². The molecule has 3 heteroatoms. The minimum Gasteiger partial charge on any atom is -0.264 e. The van der Waals surface area contributed by atoms with Gasteiger partial charge in [0, 0.05) is 34.5 Å². The molecule has 2 heterocycles. The van der Waals surface area contributed by atoms with E-state index in [9.17, 15) is 0 Å². The molecular formula is C42H31N3. The van der Waals surface area contributed by atoms with Crippen LogP contribution in [0.5, 0.6) is 0 Å². The van der Waals surface area contributed by atoms with Crippen LogP contribution < -0.4 is 0 Å². The first-order valence-corrected chi connectivity index (χ1v) is 15.4. The Morgan fingerprint density at radius 3 is 1.64 bits per heavy atom. The van der Waals surface area contributed by atoms with Crippen LogP contribution in [0.3, 0.4) is 0 Å². The number of aromatic nitrogens is 3. The molecule has 0 spiro atoms. The zero-order chi connectivity index (χ0) is 30.4. The number of hydrogen-bond donors (Lipinski definition) is 0. The summed E-state index contributed by atoms with van der Waals surface area (Å²) in [6.07, 6.45) is 3.68. The van der Waals surface area contributed by atoms with Crippen molar-refractivity contribution in [2.45, 2.75) is 19.3 Å². The first-order chi connectivity index (χ1) is 22.0. The Kier molecular flexibility index (Phi) is 6.46. The fourth-order valence-corrected chi connectivity index (χ4v) is 6.54. The second kappa shape index (κ2) is 10.8. The van der Waals surface area contributed by atoms with Crippen LogP contribution in [0.2, 0.25) is 0 Å². The van der Waals surface area contributed by atoms with Crippen LogP contribution in [-0.4, -0.2) is 15.0 Å². The highest BCUT2D eigenvalue weighted by Gasteiger charge is 2.35. The van der Waals surface area contributed by atoms with Gasteiger partial charge in [0.25, 0.3) is 0 Å². The zero-order valence-corrected chi connectivity index (χ0v) is 25.3. The summed E-state index contributed by atoms with van der Waals surface area (Å²) in [4.78, 5) is 14.3. The molecule has 0 fully saturated rings. The summed E-state index contributed by atoms with van der Waals surface area (Å²) in [6, 6.07) is 49.3. The summed E-state index contributed by atoms with van der Waals surface area (Å²) >= 11 is 0. The van der Waals surface area contributed by atoms with Gasteiger partial charge in [0.1, 0.15) is 0 Å². The molecular weight excluding hydrogens is 546 g/mol. The molecule has 45 heavy (non-hydrogen) atoms. The van der Waals surface area contributed by atoms with Gasteiger partial charge in [0.15, 0.2) is 5.82 Å². The lowest BCUT2D eigenvalue weighted by Crippen LogP contribution is -2.14. The average molecular weight is 578 g/mol. The minimum atomic E-state index is -0.0245. The summed E-state index contributed by atoms with van der Waals surface area (Å²) in [7, 11) is 0. The van der Waals surface area contributed by atoms with Gasteiger partial charge in [-0.25, -0.2) is 9.97 Å². The highest BCUT2D eigenvalue weighted by atomic mass is 14.9. The fourth-order valence-electron chi connectivity index (χ4n) is 6.54. The van der Waals surface area contributed by atoms with Gasteiger partial charge in [-0.1, -0.05) is 135 Å². The maximum absolute atomic E-state index is 5.04. The Morgan fingerprint density at radius 1 is 0.422 bits per heavy atom. The summed E-state index contributed by atoms with van der Waals surface area (Å²) in [5, 5.41) is 0. The molecule has 7 aromatic rings. The van der Waals surface area contributed by atoms with E-state index in [1.807, 2.05) is 30.5 Å². The van der Waals surface area contributed by atoms with Crippen molar-refractivity contribution in [1.82, 2.24) is 15.0 Å². The second-order valence-electron chi connectivity index (χ2n) is 12.2. The van der Waals surface area contributed by atoms with Crippen molar-refractivity contribution in [3.63, 3.8) is 0 Å². The van der Waals surface area contributed by atoms with Gasteiger partial charge in [-0.3, -0.25) is 4.98 Å². The topological polar surface area (TPSA) is 38.7 Å². The number of pyridine rings is 1. The predicted octanol–water partition coefficient (Wildman–Crippen LogP) is 10.5. The third-order valence-electron chi connectivity index (χ3n) is 9.03. The molecule has 2 aromatic heterocycles. The van der Waals surface area contributed by atoms with Crippen molar-refractivity contribution in [3.05, 3.63) is 163 Å². The van der Waals surface area contributed by atoms with E-state index < -0.39 is 0 Å². The van der Waals surface area contributed by atoms with E-state index in [2.05, 4.69) is 134 Å². The van der Waals surface area contributed by atoms with Crippen LogP contribution in [0.15, 0.2) is 152 Å². The summed E-state index contributed by atoms with van der Waals surface area (Å²) in [5.41, 5.74) is 14.9. The lowest BCUT2D eigenvalue weighted by molar-refractivity contribution is 0.660. The van der Waals surface area contributed by atoms with Gasteiger partial charge in [-0.15, -0.1) is 0 Å². The molecule has 8 rings (SSSR count). The number of fused-ring (bicyclic) bond motifs is 3. The van der Waals surface area contributed by atoms with E-state index >= 15 is 0 Å². The van der Waals surface area contributed by atoms with Crippen LogP contribution >= 0.6 is 0 Å². The highest BCUT2D eigenvalue weighted by Crippen LogP contribution is 2.49. The maximum Gasteiger partial charge on any atom is 0.160 e. The SMILES string of the molecule is CC1(C)c2ccccc2-c2ccc(-c3ccc(-c4cc(-c5ccc(-c6cccnc6)cc5)nc(-c5ccccc5)n4)cc3)cc21. The van der Waals surface area contributed by atoms with Crippen LogP contribution in [0.25, 0.3) is 67.3 Å². The van der Waals surface area contributed by atoms with E-state index in [0.29, 0.717) is 5.82 Å². The van der Waals surface area contributed by atoms with Gasteiger partial charge in [-0.05, 0) is 62.7 Å². The van der Waals surface area contributed by atoms with E-state index in [-0.39, 0.29) is 5.41 Å². The molecule has 0 bridgehead atoms. The second-order valence-corrected chi connectivity index (χ2v) is 12.2. The van der Waals surface area contributed by atoms with Crippen molar-refractivity contribution in [2.24, 2.45) is 0 Å². The Morgan fingerprint density at radius 2 is 0.978 bits per heavy atom. The molecule has 5 aromatic carbocycles. The summed E-state index contributed by atoms with van der Waals surface area (Å²) < 4.78 is 0. The molecule has 0 radical (unpaired) electrons. The third-order valence-corrected chi connectivity index (χ3v) is 9.03. The fraction of sp³-hybridized carbons (Fsp3) is 0.0714. The first-order valence-electron chi connectivity index (χ1n) is 15.4. The molecule has 0 amide bonds. The van der Waals surface area contributed by atoms with E-state index in [1.54, 1.807) is 6.20 Å². The Labute approximate surface area is 264 Å². The molecule has 0 atom stereocenters. The van der Waals surface area contributed by atoms with E-state index in [0.717, 1.165) is 39.2 Å². The summed E-state index contributed by atoms with van der Waals surface area (Å²) in [5.74, 6) is 0.712. The highest BCUT2D eigenvalue weighted by molar-refractivity contribution is 5.84. The molecule has 0 saturated carbocycles. The smallest absolute Gasteiger partial charge is 0.160 e. The van der Waals surface area contributed by atoms with Crippen molar-refractivity contribution >= 4 is 0 Å². The van der Waals surface area contributed by atoms with E-state index in [4.69, 9.17) is 9.97 Å². The normalized spacial score (nSPS) is 12.8. The first kappa shape index (κ1) is 26.9. The van der Waals surface area contributed by atoms with Gasteiger partial charge >= 0.3 is 0 Å². The summed E-state index contributed by atoms with van der Waals surface area (Å²) in [6.45, 7) is 4.65. The Balaban J connectivity index is 1.16. The molecule has 0 N–H and O–H groups in total.